The van der Waals surface area contributed by atoms with E-state index in [1.807, 2.05) is 18.2 Å². The molecule has 12 heteroatoms. The minimum atomic E-state index is -0.414. The lowest BCUT2D eigenvalue weighted by Gasteiger charge is -2.40. The van der Waals surface area contributed by atoms with Crippen LogP contribution in [0.1, 0.15) is 31.9 Å². The number of piperidine rings is 1. The molecule has 5 rings (SSSR count). The number of pyridine rings is 1. The number of benzene rings is 1. The lowest BCUT2D eigenvalue weighted by Crippen LogP contribution is -2.51. The molecule has 2 aliphatic heterocycles. The van der Waals surface area contributed by atoms with Gasteiger partial charge < -0.3 is 16.0 Å². The second-order valence-electron chi connectivity index (χ2n) is 9.73. The third-order valence-electron chi connectivity index (χ3n) is 7.06. The van der Waals surface area contributed by atoms with Gasteiger partial charge in [0, 0.05) is 43.7 Å². The van der Waals surface area contributed by atoms with E-state index in [4.69, 9.17) is 28.9 Å². The first-order valence-electron chi connectivity index (χ1n) is 12.4. The number of carbonyl (C=O) groups excluding carboxylic acids is 2. The topological polar surface area (TPSA) is 129 Å². The Balaban J connectivity index is 1.17. The number of anilines is 3. The number of urea groups is 1. The maximum atomic E-state index is 12.0. The zero-order valence-corrected chi connectivity index (χ0v) is 22.4. The van der Waals surface area contributed by atoms with Gasteiger partial charge in [-0.1, -0.05) is 35.3 Å². The van der Waals surface area contributed by atoms with Crippen molar-refractivity contribution in [2.75, 3.05) is 35.2 Å². The van der Waals surface area contributed by atoms with E-state index in [-0.39, 0.29) is 17.9 Å². The summed E-state index contributed by atoms with van der Waals surface area (Å²) in [5.41, 5.74) is 8.89. The van der Waals surface area contributed by atoms with Crippen LogP contribution in [0.4, 0.5) is 22.1 Å². The molecule has 38 heavy (non-hydrogen) atoms. The van der Waals surface area contributed by atoms with Crippen molar-refractivity contribution in [1.29, 1.82) is 0 Å². The lowest BCUT2D eigenvalue weighted by molar-refractivity contribution is -0.120. The Morgan fingerprint density at radius 1 is 1.08 bits per heavy atom. The number of amides is 3. The molecule has 2 saturated heterocycles. The van der Waals surface area contributed by atoms with Gasteiger partial charge in [0.25, 0.3) is 0 Å². The zero-order chi connectivity index (χ0) is 26.9. The molecule has 0 atom stereocenters. The molecule has 4 N–H and O–H groups in total. The number of halogens is 2. The quantitative estimate of drug-likeness (QED) is 0.416. The summed E-state index contributed by atoms with van der Waals surface area (Å²) in [6, 6.07) is 8.68. The molecule has 0 unspecified atom stereocenters. The van der Waals surface area contributed by atoms with Gasteiger partial charge in [-0.05, 0) is 38.0 Å². The van der Waals surface area contributed by atoms with Gasteiger partial charge in [0.2, 0.25) is 5.91 Å². The Kier molecular flexibility index (Phi) is 7.38. The summed E-state index contributed by atoms with van der Waals surface area (Å²) >= 11 is 12.5. The third kappa shape index (κ3) is 5.52. The summed E-state index contributed by atoms with van der Waals surface area (Å²) in [6.07, 6.45) is 5.47. The molecule has 0 radical (unpaired) electrons. The highest BCUT2D eigenvalue weighted by atomic mass is 35.5. The molecule has 3 amide bonds. The fraction of sp³-hybridized carbons (Fsp3) is 0.346. The predicted molar refractivity (Wildman–Crippen MR) is 148 cm³/mol. The van der Waals surface area contributed by atoms with E-state index in [1.54, 1.807) is 24.5 Å². The molecule has 4 heterocycles. The lowest BCUT2D eigenvalue weighted by atomic mass is 9.89. The number of nitrogens with two attached hydrogens (primary N) is 1. The normalized spacial score (nSPS) is 17.4. The number of nitrogen functional groups attached to an aromatic ring is 1. The Morgan fingerprint density at radius 3 is 2.55 bits per heavy atom. The molecule has 1 aromatic carbocycles. The monoisotopic (exact) mass is 554 g/mol. The zero-order valence-electron chi connectivity index (χ0n) is 20.9. The van der Waals surface area contributed by atoms with E-state index in [9.17, 15) is 9.59 Å². The van der Waals surface area contributed by atoms with Gasteiger partial charge in [-0.15, -0.1) is 0 Å². The van der Waals surface area contributed by atoms with Crippen LogP contribution >= 0.6 is 23.2 Å². The first-order valence-corrected chi connectivity index (χ1v) is 13.1. The second-order valence-corrected chi connectivity index (χ2v) is 10.5. The number of rotatable bonds is 6. The highest BCUT2D eigenvalue weighted by molar-refractivity contribution is 6.43. The smallest absolute Gasteiger partial charge is 0.328 e. The van der Waals surface area contributed by atoms with Crippen molar-refractivity contribution < 1.29 is 9.59 Å². The summed E-state index contributed by atoms with van der Waals surface area (Å²) in [5.74, 6) is 0.780. The summed E-state index contributed by atoms with van der Waals surface area (Å²) in [6.45, 7) is 4.75. The summed E-state index contributed by atoms with van der Waals surface area (Å²) in [7, 11) is 0. The Hall–Kier alpha value is -3.47. The van der Waals surface area contributed by atoms with Gasteiger partial charge in [-0.2, -0.15) is 0 Å². The van der Waals surface area contributed by atoms with Crippen LogP contribution in [0.3, 0.4) is 0 Å². The number of nitrogens with one attached hydrogen (secondary N) is 2. The molecule has 0 saturated carbocycles. The van der Waals surface area contributed by atoms with Crippen molar-refractivity contribution in [3.05, 3.63) is 58.5 Å². The maximum Gasteiger partial charge on any atom is 0.328 e. The third-order valence-corrected chi connectivity index (χ3v) is 7.87. The predicted octanol–water partition coefficient (Wildman–Crippen LogP) is 4.02. The van der Waals surface area contributed by atoms with Crippen LogP contribution in [0, 0.1) is 0 Å². The number of nitrogens with zero attached hydrogens (tertiary/aromatic N) is 5. The average Bonchev–Trinajstić information content (AvgIpc) is 2.90. The molecule has 0 aliphatic carbocycles. The average molecular weight is 555 g/mol. The van der Waals surface area contributed by atoms with E-state index in [0.29, 0.717) is 45.9 Å². The van der Waals surface area contributed by atoms with Crippen molar-refractivity contribution in [1.82, 2.24) is 25.6 Å². The number of hydrogen-bond acceptors (Lipinski definition) is 8. The first-order chi connectivity index (χ1) is 18.2. The summed E-state index contributed by atoms with van der Waals surface area (Å²) in [5, 5.41) is 6.81. The highest BCUT2D eigenvalue weighted by Gasteiger charge is 2.31. The Labute approximate surface area is 230 Å². The van der Waals surface area contributed by atoms with Crippen LogP contribution in [0.5, 0.6) is 0 Å². The van der Waals surface area contributed by atoms with Crippen molar-refractivity contribution in [3.8, 4) is 11.3 Å². The highest BCUT2D eigenvalue weighted by Crippen LogP contribution is 2.35. The number of aromatic nitrogens is 3. The van der Waals surface area contributed by atoms with Crippen LogP contribution in [-0.2, 0) is 11.3 Å². The molecule has 0 spiro atoms. The van der Waals surface area contributed by atoms with Gasteiger partial charge in [0.05, 0.1) is 33.8 Å². The maximum absolute atomic E-state index is 12.0. The van der Waals surface area contributed by atoms with Gasteiger partial charge in [-0.3, -0.25) is 20.0 Å². The second kappa shape index (κ2) is 10.7. The molecule has 10 nitrogen and oxygen atoms in total. The minimum Gasteiger partial charge on any atom is -0.382 e. The van der Waals surface area contributed by atoms with Crippen LogP contribution in [0.15, 0.2) is 42.7 Å². The summed E-state index contributed by atoms with van der Waals surface area (Å²) in [4.78, 5) is 40.8. The van der Waals surface area contributed by atoms with Gasteiger partial charge in [0.15, 0.2) is 5.82 Å². The van der Waals surface area contributed by atoms with E-state index < -0.39 is 6.03 Å². The largest absolute Gasteiger partial charge is 0.382 e. The van der Waals surface area contributed by atoms with Gasteiger partial charge in [0.1, 0.15) is 11.5 Å². The van der Waals surface area contributed by atoms with E-state index in [2.05, 4.69) is 37.4 Å². The van der Waals surface area contributed by atoms with E-state index >= 15 is 0 Å². The fourth-order valence-electron chi connectivity index (χ4n) is 4.64. The molecule has 3 aromatic rings. The van der Waals surface area contributed by atoms with Crippen molar-refractivity contribution in [2.45, 2.75) is 38.3 Å². The summed E-state index contributed by atoms with van der Waals surface area (Å²) < 4.78 is 0. The number of carbonyl (C=O) groups is 2. The molecule has 198 valence electrons. The Morgan fingerprint density at radius 2 is 1.87 bits per heavy atom. The van der Waals surface area contributed by atoms with E-state index in [0.717, 1.165) is 37.4 Å². The molecule has 0 bridgehead atoms. The molecule has 2 aromatic heterocycles. The fourth-order valence-corrected chi connectivity index (χ4v) is 5.03. The SMILES string of the molecule is CC1(NCc2ccc(N3CCC(=O)NC3=O)cn2)CCN(c2cnc(-c3cccc(Cl)c3Cl)c(N)n2)CC1. The number of imide groups is 1. The van der Waals surface area contributed by atoms with Gasteiger partial charge in [-0.25, -0.2) is 14.8 Å². The molecule has 2 aliphatic rings. The van der Waals surface area contributed by atoms with E-state index in [1.165, 1.54) is 4.90 Å². The number of hydrogen-bond donors (Lipinski definition) is 3. The van der Waals surface area contributed by atoms with Crippen LogP contribution in [0.25, 0.3) is 11.3 Å². The van der Waals surface area contributed by atoms with Crippen molar-refractivity contribution >= 4 is 52.5 Å². The van der Waals surface area contributed by atoms with Crippen LogP contribution in [-0.4, -0.2) is 52.1 Å². The standard InChI is InChI=1S/C26H28Cl2N8O2/c1-26(32-13-16-5-6-17(14-30-16)36-10-7-21(37)34-25(36)38)8-11-35(12-9-26)20-15-31-23(24(29)33-20)18-3-2-4-19(27)22(18)28/h2-6,14-15,32H,7-13H2,1H3,(H2,29,33)(H,34,37,38). The minimum absolute atomic E-state index is 0.0722. The molecular formula is C26H28Cl2N8O2. The van der Waals surface area contributed by atoms with Crippen LogP contribution in [0.2, 0.25) is 10.0 Å². The molecule has 2 fully saturated rings. The first kappa shape index (κ1) is 26.1. The van der Waals surface area contributed by atoms with Crippen molar-refractivity contribution in [3.63, 3.8) is 0 Å². The van der Waals surface area contributed by atoms with Crippen LogP contribution < -0.4 is 26.2 Å². The molecular weight excluding hydrogens is 527 g/mol. The van der Waals surface area contributed by atoms with Crippen molar-refractivity contribution in [2.24, 2.45) is 0 Å². The van der Waals surface area contributed by atoms with Gasteiger partial charge >= 0.3 is 6.03 Å². The Bertz CT molecular complexity index is 1360.